The molecule has 0 radical (unpaired) electrons. The van der Waals surface area contributed by atoms with Crippen LogP contribution in [0.4, 0.5) is 5.69 Å². The highest BCUT2D eigenvalue weighted by Crippen LogP contribution is 2.28. The number of anilines is 1. The first kappa shape index (κ1) is 30.8. The van der Waals surface area contributed by atoms with Crippen LogP contribution in [0.25, 0.3) is 0 Å². The lowest BCUT2D eigenvalue weighted by Gasteiger charge is -2.34. The Morgan fingerprint density at radius 2 is 1.43 bits per heavy atom. The first-order valence-corrected chi connectivity index (χ1v) is 15.4. The first-order valence-electron chi connectivity index (χ1n) is 13.5. The van der Waals surface area contributed by atoms with E-state index in [0.717, 1.165) is 21.0 Å². The number of likely N-dealkylation sites (N-methyl/N-ethyl adjacent to an activating group) is 1. The van der Waals surface area contributed by atoms with Crippen molar-refractivity contribution in [3.05, 3.63) is 130 Å². The van der Waals surface area contributed by atoms with Gasteiger partial charge in [-0.05, 0) is 60.9 Å². The lowest BCUT2D eigenvalue weighted by molar-refractivity contribution is -0.139. The number of rotatable bonds is 11. The fourth-order valence-electron chi connectivity index (χ4n) is 4.70. The van der Waals surface area contributed by atoms with Crippen LogP contribution in [0.1, 0.15) is 22.3 Å². The number of halogens is 1. The van der Waals surface area contributed by atoms with Crippen molar-refractivity contribution < 1.29 is 18.0 Å². The van der Waals surface area contributed by atoms with Crippen LogP contribution in [0, 0.1) is 13.8 Å². The second-order valence-electron chi connectivity index (χ2n) is 10.1. The molecule has 0 aromatic heterocycles. The first-order chi connectivity index (χ1) is 20.1. The molecule has 1 unspecified atom stereocenters. The predicted molar refractivity (Wildman–Crippen MR) is 167 cm³/mol. The Hall–Kier alpha value is -4.14. The van der Waals surface area contributed by atoms with E-state index in [2.05, 4.69) is 5.32 Å². The molecule has 0 saturated carbocycles. The number of sulfonamides is 1. The highest BCUT2D eigenvalue weighted by Gasteiger charge is 2.34. The number of carbonyl (C=O) groups is 2. The highest BCUT2D eigenvalue weighted by atomic mass is 35.5. The van der Waals surface area contributed by atoms with Crippen molar-refractivity contribution in [2.75, 3.05) is 17.9 Å². The van der Waals surface area contributed by atoms with Crippen LogP contribution in [0.2, 0.25) is 5.02 Å². The Morgan fingerprint density at radius 1 is 0.810 bits per heavy atom. The largest absolute Gasteiger partial charge is 0.357 e. The zero-order chi connectivity index (χ0) is 30.3. The van der Waals surface area contributed by atoms with Crippen LogP contribution >= 0.6 is 11.6 Å². The second kappa shape index (κ2) is 13.7. The molecule has 0 bridgehead atoms. The van der Waals surface area contributed by atoms with Gasteiger partial charge in [-0.15, -0.1) is 0 Å². The van der Waals surface area contributed by atoms with E-state index >= 15 is 0 Å². The van der Waals surface area contributed by atoms with Crippen LogP contribution in [0.15, 0.2) is 108 Å². The smallest absolute Gasteiger partial charge is 0.264 e. The maximum Gasteiger partial charge on any atom is 0.264 e. The summed E-state index contributed by atoms with van der Waals surface area (Å²) in [6.45, 7) is 3.37. The SMILES string of the molecule is CNC(=O)C(Cc1ccccc1)N(Cc1ccc(C)cc1)C(=O)CN(c1ccccc1C)S(=O)(=O)c1ccc(Cl)cc1. The Morgan fingerprint density at radius 3 is 2.05 bits per heavy atom. The number of carbonyl (C=O) groups excluding carboxylic acids is 2. The zero-order valence-electron chi connectivity index (χ0n) is 23.8. The summed E-state index contributed by atoms with van der Waals surface area (Å²) in [5, 5.41) is 3.09. The zero-order valence-corrected chi connectivity index (χ0v) is 25.4. The average molecular weight is 604 g/mol. The lowest BCUT2D eigenvalue weighted by Crippen LogP contribution is -2.53. The van der Waals surface area contributed by atoms with Crippen molar-refractivity contribution >= 4 is 39.1 Å². The molecule has 4 aromatic rings. The molecule has 0 saturated heterocycles. The highest BCUT2D eigenvalue weighted by molar-refractivity contribution is 7.92. The maximum absolute atomic E-state index is 14.3. The standard InChI is InChI=1S/C33H34ClN3O4S/c1-24-13-15-27(16-14-24)22-36(31(33(39)35-3)21-26-10-5-4-6-11-26)32(38)23-37(30-12-8-7-9-25(30)2)42(40,41)29-19-17-28(34)18-20-29/h4-20,31H,21-23H2,1-3H3,(H,35,39). The minimum absolute atomic E-state index is 0.000162. The number of hydrogen-bond acceptors (Lipinski definition) is 4. The van der Waals surface area contributed by atoms with Crippen LogP contribution in [-0.2, 0) is 32.6 Å². The van der Waals surface area contributed by atoms with Gasteiger partial charge in [0.2, 0.25) is 11.8 Å². The van der Waals surface area contributed by atoms with Crippen LogP contribution < -0.4 is 9.62 Å². The van der Waals surface area contributed by atoms with Gasteiger partial charge in [-0.2, -0.15) is 0 Å². The molecule has 0 heterocycles. The molecule has 9 heteroatoms. The normalized spacial score (nSPS) is 11.9. The number of amides is 2. The van der Waals surface area contributed by atoms with E-state index in [4.69, 9.17) is 11.6 Å². The Labute approximate surface area is 252 Å². The van der Waals surface area contributed by atoms with Gasteiger partial charge in [0.15, 0.2) is 0 Å². The van der Waals surface area contributed by atoms with E-state index in [-0.39, 0.29) is 23.8 Å². The summed E-state index contributed by atoms with van der Waals surface area (Å²) in [4.78, 5) is 29.1. The third-order valence-corrected chi connectivity index (χ3v) is 9.08. The molecule has 0 fully saturated rings. The van der Waals surface area contributed by atoms with Gasteiger partial charge in [0.05, 0.1) is 10.6 Å². The topological polar surface area (TPSA) is 86.8 Å². The molecule has 7 nitrogen and oxygen atoms in total. The van der Waals surface area contributed by atoms with Crippen molar-refractivity contribution in [1.82, 2.24) is 10.2 Å². The summed E-state index contributed by atoms with van der Waals surface area (Å²) in [5.41, 5.74) is 3.80. The van der Waals surface area contributed by atoms with Gasteiger partial charge in [-0.25, -0.2) is 8.42 Å². The Kier molecular flexibility index (Phi) is 10.0. The second-order valence-corrected chi connectivity index (χ2v) is 12.4. The maximum atomic E-state index is 14.3. The van der Waals surface area contributed by atoms with Crippen molar-refractivity contribution in [3.63, 3.8) is 0 Å². The van der Waals surface area contributed by atoms with Crippen LogP contribution in [0.5, 0.6) is 0 Å². The summed E-state index contributed by atoms with van der Waals surface area (Å²) in [6.07, 6.45) is 0.256. The number of nitrogens with one attached hydrogen (secondary N) is 1. The fourth-order valence-corrected chi connectivity index (χ4v) is 6.31. The van der Waals surface area contributed by atoms with E-state index in [1.807, 2.05) is 61.5 Å². The van der Waals surface area contributed by atoms with Gasteiger partial charge in [0, 0.05) is 25.0 Å². The molecule has 0 aliphatic carbocycles. The molecule has 4 aromatic carbocycles. The molecule has 0 aliphatic heterocycles. The van der Waals surface area contributed by atoms with Crippen LogP contribution in [0.3, 0.4) is 0 Å². The monoisotopic (exact) mass is 603 g/mol. The van der Waals surface area contributed by atoms with Gasteiger partial charge >= 0.3 is 0 Å². The van der Waals surface area contributed by atoms with E-state index in [9.17, 15) is 18.0 Å². The molecule has 4 rings (SSSR count). The molecule has 2 amide bonds. The van der Waals surface area contributed by atoms with E-state index in [0.29, 0.717) is 16.3 Å². The van der Waals surface area contributed by atoms with Crippen molar-refractivity contribution in [2.45, 2.75) is 37.8 Å². The molecular formula is C33H34ClN3O4S. The number of aryl methyl sites for hydroxylation is 2. The third-order valence-electron chi connectivity index (χ3n) is 7.06. The summed E-state index contributed by atoms with van der Waals surface area (Å²) >= 11 is 6.03. The quantitative estimate of drug-likeness (QED) is 0.244. The predicted octanol–water partition coefficient (Wildman–Crippen LogP) is 5.54. The molecule has 0 aliphatic rings. The third kappa shape index (κ3) is 7.38. The fraction of sp³-hybridized carbons (Fsp3) is 0.212. The summed E-state index contributed by atoms with van der Waals surface area (Å²) in [7, 11) is -2.66. The van der Waals surface area contributed by atoms with Crippen molar-refractivity contribution in [2.24, 2.45) is 0 Å². The Bertz CT molecular complexity index is 1630. The molecule has 42 heavy (non-hydrogen) atoms. The molecule has 218 valence electrons. The molecule has 1 atom stereocenters. The summed E-state index contributed by atoms with van der Waals surface area (Å²) < 4.78 is 29.2. The number of nitrogens with zero attached hydrogens (tertiary/aromatic N) is 2. The van der Waals surface area contributed by atoms with Crippen LogP contribution in [-0.4, -0.2) is 44.8 Å². The molecular weight excluding hydrogens is 570 g/mol. The van der Waals surface area contributed by atoms with Gasteiger partial charge in [-0.1, -0.05) is 90.0 Å². The van der Waals surface area contributed by atoms with E-state index in [1.165, 1.54) is 36.2 Å². The van der Waals surface area contributed by atoms with E-state index < -0.39 is 28.5 Å². The van der Waals surface area contributed by atoms with Gasteiger partial charge < -0.3 is 10.2 Å². The number of benzene rings is 4. The molecule has 1 N–H and O–H groups in total. The van der Waals surface area contributed by atoms with Gasteiger partial charge in [-0.3, -0.25) is 13.9 Å². The Balaban J connectivity index is 1.79. The van der Waals surface area contributed by atoms with Gasteiger partial charge in [0.1, 0.15) is 12.6 Å². The minimum Gasteiger partial charge on any atom is -0.357 e. The summed E-state index contributed by atoms with van der Waals surface area (Å²) in [6, 6.07) is 29.1. The minimum atomic E-state index is -4.18. The average Bonchev–Trinajstić information content (AvgIpc) is 2.99. The molecule has 0 spiro atoms. The van der Waals surface area contributed by atoms with E-state index in [1.54, 1.807) is 31.2 Å². The lowest BCUT2D eigenvalue weighted by atomic mass is 10.0. The van der Waals surface area contributed by atoms with Gasteiger partial charge in [0.25, 0.3) is 10.0 Å². The van der Waals surface area contributed by atoms with Crippen molar-refractivity contribution in [1.29, 1.82) is 0 Å². The number of hydrogen-bond donors (Lipinski definition) is 1. The number of para-hydroxylation sites is 1. The van der Waals surface area contributed by atoms with Crippen molar-refractivity contribution in [3.8, 4) is 0 Å². The summed E-state index contributed by atoms with van der Waals surface area (Å²) in [5.74, 6) is -0.858.